The van der Waals surface area contributed by atoms with E-state index >= 15 is 0 Å². The van der Waals surface area contributed by atoms with Gasteiger partial charge < -0.3 is 15.7 Å². The Hall–Kier alpha value is -1.56. The molecule has 0 aromatic carbocycles. The summed E-state index contributed by atoms with van der Waals surface area (Å²) in [5, 5.41) is 16.7. The van der Waals surface area contributed by atoms with E-state index in [2.05, 4.69) is 10.2 Å². The van der Waals surface area contributed by atoms with E-state index in [0.29, 0.717) is 29.1 Å². The highest BCUT2D eigenvalue weighted by molar-refractivity contribution is 5.97. The summed E-state index contributed by atoms with van der Waals surface area (Å²) >= 11 is 0. The Bertz CT molecular complexity index is 512. The van der Waals surface area contributed by atoms with Gasteiger partial charge in [0.05, 0.1) is 24.0 Å². The summed E-state index contributed by atoms with van der Waals surface area (Å²) in [5.74, 6) is 1.32. The molecule has 6 nitrogen and oxygen atoms in total. The molecule has 4 rings (SSSR count). The standard InChI is InChI=1S/C12H16N4O2/c13-8-3-14-15-9(8)12(18)16-4-6-1-5-2-7(6)10(16)11(5)17/h3,5-7,10-11,17H,1-2,4,13H2,(H,14,15). The van der Waals surface area contributed by atoms with Crippen molar-refractivity contribution in [2.75, 3.05) is 12.3 Å². The molecule has 6 heteroatoms. The van der Waals surface area contributed by atoms with Crippen molar-refractivity contribution in [2.45, 2.75) is 25.0 Å². The van der Waals surface area contributed by atoms with Crippen LogP contribution in [0.1, 0.15) is 23.3 Å². The van der Waals surface area contributed by atoms with Crippen LogP contribution in [0, 0.1) is 17.8 Å². The largest absolute Gasteiger partial charge is 0.396 e. The summed E-state index contributed by atoms with van der Waals surface area (Å²) in [6.45, 7) is 0.750. The van der Waals surface area contributed by atoms with E-state index in [1.54, 1.807) is 4.90 Å². The minimum atomic E-state index is -0.359. The first-order valence-corrected chi connectivity index (χ1v) is 6.44. The van der Waals surface area contributed by atoms with Gasteiger partial charge in [0.2, 0.25) is 0 Å². The lowest BCUT2D eigenvalue weighted by Crippen LogP contribution is -2.44. The molecule has 18 heavy (non-hydrogen) atoms. The first-order chi connectivity index (χ1) is 8.66. The molecule has 3 fully saturated rings. The Kier molecular flexibility index (Phi) is 1.88. The molecule has 0 spiro atoms. The van der Waals surface area contributed by atoms with Crippen LogP contribution in [-0.2, 0) is 0 Å². The summed E-state index contributed by atoms with van der Waals surface area (Å²) in [6.07, 6.45) is 3.22. The second kappa shape index (κ2) is 3.26. The third-order valence-corrected chi connectivity index (χ3v) is 4.99. The topological polar surface area (TPSA) is 95.2 Å². The molecule has 1 aromatic rings. The van der Waals surface area contributed by atoms with Crippen LogP contribution in [0.15, 0.2) is 6.20 Å². The van der Waals surface area contributed by atoms with Gasteiger partial charge in [0.25, 0.3) is 5.91 Å². The molecule has 2 saturated carbocycles. The number of aromatic amines is 1. The molecule has 5 atom stereocenters. The zero-order valence-electron chi connectivity index (χ0n) is 9.91. The number of nitrogens with one attached hydrogen (secondary N) is 1. The van der Waals surface area contributed by atoms with Gasteiger partial charge in [-0.05, 0) is 30.6 Å². The monoisotopic (exact) mass is 248 g/mol. The minimum Gasteiger partial charge on any atom is -0.396 e. The highest BCUT2D eigenvalue weighted by Crippen LogP contribution is 2.55. The first kappa shape index (κ1) is 10.4. The van der Waals surface area contributed by atoms with E-state index in [1.807, 2.05) is 0 Å². The lowest BCUT2D eigenvalue weighted by Gasteiger charge is -2.28. The number of anilines is 1. The molecule has 0 radical (unpaired) electrons. The van der Waals surface area contributed by atoms with Crippen LogP contribution in [0.3, 0.4) is 0 Å². The van der Waals surface area contributed by atoms with E-state index in [-0.39, 0.29) is 18.1 Å². The van der Waals surface area contributed by atoms with Crippen LogP contribution in [0.5, 0.6) is 0 Å². The van der Waals surface area contributed by atoms with Gasteiger partial charge in [0.1, 0.15) is 5.69 Å². The number of H-pyrrole nitrogens is 1. The van der Waals surface area contributed by atoms with E-state index in [1.165, 1.54) is 6.20 Å². The summed E-state index contributed by atoms with van der Waals surface area (Å²) in [5.41, 5.74) is 6.45. The van der Waals surface area contributed by atoms with Crippen molar-refractivity contribution in [3.63, 3.8) is 0 Å². The molecule has 1 amide bonds. The quantitative estimate of drug-likeness (QED) is 0.643. The maximum absolute atomic E-state index is 12.4. The molecule has 5 unspecified atom stereocenters. The number of amides is 1. The third-order valence-electron chi connectivity index (χ3n) is 4.99. The molecule has 1 aromatic heterocycles. The number of carbonyl (C=O) groups excluding carboxylic acids is 1. The molecule has 2 bridgehead atoms. The second-order valence-corrected chi connectivity index (χ2v) is 5.79. The van der Waals surface area contributed by atoms with E-state index in [0.717, 1.165) is 19.4 Å². The van der Waals surface area contributed by atoms with Gasteiger partial charge in [0, 0.05) is 6.54 Å². The van der Waals surface area contributed by atoms with E-state index in [9.17, 15) is 9.90 Å². The number of aliphatic hydroxyl groups excluding tert-OH is 1. The number of nitrogen functional groups attached to an aromatic ring is 1. The average Bonchev–Trinajstić information content (AvgIpc) is 3.01. The molecule has 3 aliphatic rings. The van der Waals surface area contributed by atoms with E-state index < -0.39 is 0 Å². The van der Waals surface area contributed by atoms with Gasteiger partial charge in [-0.3, -0.25) is 9.89 Å². The van der Waals surface area contributed by atoms with Crippen LogP contribution < -0.4 is 5.73 Å². The zero-order chi connectivity index (χ0) is 12.4. The second-order valence-electron chi connectivity index (χ2n) is 5.79. The number of aromatic nitrogens is 2. The summed E-state index contributed by atoms with van der Waals surface area (Å²) < 4.78 is 0. The van der Waals surface area contributed by atoms with Crippen LogP contribution in [0.2, 0.25) is 0 Å². The van der Waals surface area contributed by atoms with Crippen LogP contribution in [0.4, 0.5) is 5.69 Å². The van der Waals surface area contributed by atoms with Crippen molar-refractivity contribution in [2.24, 2.45) is 17.8 Å². The molecule has 1 aliphatic heterocycles. The van der Waals surface area contributed by atoms with Crippen molar-refractivity contribution in [3.05, 3.63) is 11.9 Å². The maximum atomic E-state index is 12.4. The third kappa shape index (κ3) is 1.11. The Labute approximate surface area is 104 Å². The molecule has 4 N–H and O–H groups in total. The Morgan fingerprint density at radius 2 is 2.33 bits per heavy atom. The molecule has 96 valence electrons. The van der Waals surface area contributed by atoms with Crippen LogP contribution in [0.25, 0.3) is 0 Å². The van der Waals surface area contributed by atoms with E-state index in [4.69, 9.17) is 5.73 Å². The highest BCUT2D eigenvalue weighted by Gasteiger charge is 2.60. The molecule has 1 saturated heterocycles. The Morgan fingerprint density at radius 3 is 3.00 bits per heavy atom. The van der Waals surface area contributed by atoms with Gasteiger partial charge in [-0.1, -0.05) is 0 Å². The summed E-state index contributed by atoms with van der Waals surface area (Å²) in [4.78, 5) is 14.2. The van der Waals surface area contributed by atoms with Gasteiger partial charge in [-0.2, -0.15) is 5.10 Å². The maximum Gasteiger partial charge on any atom is 0.274 e. The highest BCUT2D eigenvalue weighted by atomic mass is 16.3. The molecular weight excluding hydrogens is 232 g/mol. The van der Waals surface area contributed by atoms with Crippen molar-refractivity contribution >= 4 is 11.6 Å². The van der Waals surface area contributed by atoms with Gasteiger partial charge in [-0.15, -0.1) is 0 Å². The number of hydrogen-bond acceptors (Lipinski definition) is 4. The number of carbonyl (C=O) groups is 1. The van der Waals surface area contributed by atoms with Gasteiger partial charge in [-0.25, -0.2) is 0 Å². The first-order valence-electron chi connectivity index (χ1n) is 6.44. The fourth-order valence-corrected chi connectivity index (χ4v) is 4.26. The lowest BCUT2D eigenvalue weighted by atomic mass is 9.88. The molecule has 2 aliphatic carbocycles. The minimum absolute atomic E-state index is 0.0102. The van der Waals surface area contributed by atoms with Crippen LogP contribution >= 0.6 is 0 Å². The number of aliphatic hydroxyl groups is 1. The van der Waals surface area contributed by atoms with Gasteiger partial charge in [0.15, 0.2) is 0 Å². The van der Waals surface area contributed by atoms with Crippen molar-refractivity contribution < 1.29 is 9.90 Å². The SMILES string of the molecule is Nc1cn[nH]c1C(=O)N1CC2CC3CC2C1C3O. The van der Waals surface area contributed by atoms with Crippen LogP contribution in [-0.4, -0.2) is 44.8 Å². The van der Waals surface area contributed by atoms with Gasteiger partial charge >= 0.3 is 0 Å². The fourth-order valence-electron chi connectivity index (χ4n) is 4.26. The summed E-state index contributed by atoms with van der Waals surface area (Å²) in [6, 6.07) is -0.0102. The smallest absolute Gasteiger partial charge is 0.274 e. The number of nitrogens with two attached hydrogens (primary N) is 1. The Morgan fingerprint density at radius 1 is 1.50 bits per heavy atom. The predicted molar refractivity (Wildman–Crippen MR) is 63.5 cm³/mol. The predicted octanol–water partition coefficient (Wildman–Crippen LogP) is -0.167. The fraction of sp³-hybridized carbons (Fsp3) is 0.667. The Balaban J connectivity index is 1.67. The molecular formula is C12H16N4O2. The van der Waals surface area contributed by atoms with Crippen molar-refractivity contribution in [1.29, 1.82) is 0 Å². The average molecular weight is 248 g/mol. The summed E-state index contributed by atoms with van der Waals surface area (Å²) in [7, 11) is 0. The normalized spacial score (nSPS) is 40.7. The number of fused-ring (bicyclic) bond motifs is 1. The number of nitrogens with zero attached hydrogens (tertiary/aromatic N) is 2. The number of likely N-dealkylation sites (tertiary alicyclic amines) is 1. The number of rotatable bonds is 1. The lowest BCUT2D eigenvalue weighted by molar-refractivity contribution is 0.0399. The van der Waals surface area contributed by atoms with Crippen molar-refractivity contribution in [3.8, 4) is 0 Å². The zero-order valence-corrected chi connectivity index (χ0v) is 9.91. The number of hydrogen-bond donors (Lipinski definition) is 3. The van der Waals surface area contributed by atoms with Crippen molar-refractivity contribution in [1.82, 2.24) is 15.1 Å². The molecule has 2 heterocycles.